The van der Waals surface area contributed by atoms with E-state index in [1.165, 1.54) is 11.3 Å². The second kappa shape index (κ2) is 9.28. The van der Waals surface area contributed by atoms with Gasteiger partial charge in [-0.2, -0.15) is 0 Å². The second-order valence-electron chi connectivity index (χ2n) is 5.79. The Bertz CT molecular complexity index is 532. The van der Waals surface area contributed by atoms with Gasteiger partial charge < -0.3 is 9.64 Å². The van der Waals surface area contributed by atoms with Crippen LogP contribution in [0.15, 0.2) is 12.1 Å². The molecule has 1 saturated heterocycles. The number of halogens is 1. The predicted octanol–water partition coefficient (Wildman–Crippen LogP) is 4.06. The summed E-state index contributed by atoms with van der Waals surface area (Å²) in [6.45, 7) is 3.03. The summed E-state index contributed by atoms with van der Waals surface area (Å²) in [6, 6.07) is 4.02. The lowest BCUT2D eigenvalue weighted by Crippen LogP contribution is -2.44. The molecule has 1 unspecified atom stereocenters. The molecule has 2 rings (SSSR count). The van der Waals surface area contributed by atoms with Gasteiger partial charge in [0.2, 0.25) is 5.91 Å². The molecular weight excluding hydrogens is 334 g/mol. The fourth-order valence-electron chi connectivity index (χ4n) is 3.01. The number of esters is 1. The summed E-state index contributed by atoms with van der Waals surface area (Å²) in [5, 5.41) is 0. The molecule has 0 spiro atoms. The number of carbonyl (C=O) groups is 2. The molecule has 1 amide bonds. The molecule has 1 aliphatic heterocycles. The zero-order chi connectivity index (χ0) is 16.7. The molecule has 0 aliphatic carbocycles. The molecular formula is C17H24ClNO3S. The molecule has 0 N–H and O–H groups in total. The van der Waals surface area contributed by atoms with Crippen LogP contribution in [-0.2, 0) is 20.7 Å². The van der Waals surface area contributed by atoms with Gasteiger partial charge in [0.25, 0.3) is 0 Å². The predicted molar refractivity (Wildman–Crippen MR) is 92.9 cm³/mol. The molecule has 2 heterocycles. The van der Waals surface area contributed by atoms with E-state index in [0.717, 1.165) is 41.4 Å². The minimum Gasteiger partial charge on any atom is -0.466 e. The number of likely N-dealkylation sites (tertiary alicyclic amines) is 1. The summed E-state index contributed by atoms with van der Waals surface area (Å²) < 4.78 is 5.74. The SMILES string of the molecule is CCOC(=O)CCC1CCCCN1C(=O)CCc1ccc(Cl)s1. The Morgan fingerprint density at radius 2 is 2.17 bits per heavy atom. The van der Waals surface area contributed by atoms with Crippen LogP contribution in [0.1, 0.15) is 50.3 Å². The molecule has 1 atom stereocenters. The first-order valence-corrected chi connectivity index (χ1v) is 9.49. The maximum Gasteiger partial charge on any atom is 0.305 e. The van der Waals surface area contributed by atoms with Crippen molar-refractivity contribution in [3.63, 3.8) is 0 Å². The van der Waals surface area contributed by atoms with E-state index in [1.807, 2.05) is 24.0 Å². The van der Waals surface area contributed by atoms with Crippen molar-refractivity contribution in [3.8, 4) is 0 Å². The van der Waals surface area contributed by atoms with Crippen LogP contribution in [0, 0.1) is 0 Å². The van der Waals surface area contributed by atoms with E-state index in [4.69, 9.17) is 16.3 Å². The molecule has 1 fully saturated rings. The zero-order valence-electron chi connectivity index (χ0n) is 13.6. The topological polar surface area (TPSA) is 46.6 Å². The fraction of sp³-hybridized carbons (Fsp3) is 0.647. The van der Waals surface area contributed by atoms with Gasteiger partial charge in [-0.3, -0.25) is 9.59 Å². The third kappa shape index (κ3) is 5.81. The smallest absolute Gasteiger partial charge is 0.305 e. The second-order valence-corrected chi connectivity index (χ2v) is 7.59. The van der Waals surface area contributed by atoms with Crippen LogP contribution in [0.2, 0.25) is 4.34 Å². The first-order valence-electron chi connectivity index (χ1n) is 8.29. The van der Waals surface area contributed by atoms with Crippen molar-refractivity contribution in [1.82, 2.24) is 4.90 Å². The summed E-state index contributed by atoms with van der Waals surface area (Å²) in [7, 11) is 0. The Balaban J connectivity index is 1.83. The molecule has 128 valence electrons. The largest absolute Gasteiger partial charge is 0.466 e. The van der Waals surface area contributed by atoms with E-state index >= 15 is 0 Å². The third-order valence-corrected chi connectivity index (χ3v) is 5.44. The van der Waals surface area contributed by atoms with Crippen molar-refractivity contribution in [2.75, 3.05) is 13.2 Å². The van der Waals surface area contributed by atoms with Gasteiger partial charge in [-0.25, -0.2) is 0 Å². The van der Waals surface area contributed by atoms with E-state index in [1.54, 1.807) is 0 Å². The summed E-state index contributed by atoms with van der Waals surface area (Å²) in [5.74, 6) is 0.0155. The lowest BCUT2D eigenvalue weighted by Gasteiger charge is -2.36. The number of hydrogen-bond acceptors (Lipinski definition) is 4. The van der Waals surface area contributed by atoms with Gasteiger partial charge in [0.05, 0.1) is 10.9 Å². The Morgan fingerprint density at radius 3 is 2.87 bits per heavy atom. The van der Waals surface area contributed by atoms with Crippen molar-refractivity contribution in [2.45, 2.75) is 57.9 Å². The Hall–Kier alpha value is -1.07. The first kappa shape index (κ1) is 18.3. The normalized spacial score (nSPS) is 18.0. The van der Waals surface area contributed by atoms with Crippen LogP contribution in [0.25, 0.3) is 0 Å². The summed E-state index contributed by atoms with van der Waals surface area (Å²) >= 11 is 7.45. The molecule has 0 saturated carbocycles. The molecule has 0 radical (unpaired) electrons. The van der Waals surface area contributed by atoms with Crippen LogP contribution in [0.3, 0.4) is 0 Å². The number of amides is 1. The number of piperidine rings is 1. The molecule has 1 aliphatic rings. The number of hydrogen-bond donors (Lipinski definition) is 0. The van der Waals surface area contributed by atoms with Crippen LogP contribution in [0.4, 0.5) is 0 Å². The highest BCUT2D eigenvalue weighted by atomic mass is 35.5. The highest BCUT2D eigenvalue weighted by Gasteiger charge is 2.26. The van der Waals surface area contributed by atoms with Crippen LogP contribution in [0.5, 0.6) is 0 Å². The number of nitrogens with zero attached hydrogens (tertiary/aromatic N) is 1. The van der Waals surface area contributed by atoms with Crippen molar-refractivity contribution >= 4 is 34.8 Å². The highest BCUT2D eigenvalue weighted by molar-refractivity contribution is 7.16. The minimum absolute atomic E-state index is 0.168. The molecule has 1 aromatic rings. The third-order valence-electron chi connectivity index (χ3n) is 4.15. The van der Waals surface area contributed by atoms with Crippen molar-refractivity contribution in [1.29, 1.82) is 0 Å². The standard InChI is InChI=1S/C17H24ClNO3S/c1-2-22-17(21)11-6-13-5-3-4-12-19(13)16(20)10-8-14-7-9-15(18)23-14/h7,9,13H,2-6,8,10-12H2,1H3. The van der Waals surface area contributed by atoms with Gasteiger partial charge in [0, 0.05) is 30.3 Å². The number of rotatable bonds is 7. The van der Waals surface area contributed by atoms with Gasteiger partial charge in [0.15, 0.2) is 0 Å². The molecule has 0 bridgehead atoms. The van der Waals surface area contributed by atoms with E-state index in [0.29, 0.717) is 25.9 Å². The van der Waals surface area contributed by atoms with E-state index in [-0.39, 0.29) is 17.9 Å². The van der Waals surface area contributed by atoms with Gasteiger partial charge in [-0.15, -0.1) is 11.3 Å². The molecule has 23 heavy (non-hydrogen) atoms. The number of aryl methyl sites for hydroxylation is 1. The maximum absolute atomic E-state index is 12.5. The van der Waals surface area contributed by atoms with Crippen molar-refractivity contribution < 1.29 is 14.3 Å². The molecule has 6 heteroatoms. The lowest BCUT2D eigenvalue weighted by molar-refractivity contribution is -0.144. The number of thiophene rings is 1. The van der Waals surface area contributed by atoms with Crippen molar-refractivity contribution in [2.24, 2.45) is 0 Å². The quantitative estimate of drug-likeness (QED) is 0.691. The van der Waals surface area contributed by atoms with Crippen LogP contribution >= 0.6 is 22.9 Å². The van der Waals surface area contributed by atoms with Gasteiger partial charge >= 0.3 is 5.97 Å². The van der Waals surface area contributed by atoms with Gasteiger partial charge in [-0.05, 0) is 51.2 Å². The summed E-state index contributed by atoms with van der Waals surface area (Å²) in [5.41, 5.74) is 0. The Labute approximate surface area is 146 Å². The minimum atomic E-state index is -0.168. The summed E-state index contributed by atoms with van der Waals surface area (Å²) in [6.07, 6.45) is 5.49. The number of ether oxygens (including phenoxy) is 1. The first-order chi connectivity index (χ1) is 11.1. The maximum atomic E-state index is 12.5. The van der Waals surface area contributed by atoms with E-state index in [2.05, 4.69) is 0 Å². The van der Waals surface area contributed by atoms with Gasteiger partial charge in [0.1, 0.15) is 0 Å². The van der Waals surface area contributed by atoms with Crippen LogP contribution in [-0.4, -0.2) is 36.0 Å². The fourth-order valence-corrected chi connectivity index (χ4v) is 4.09. The average molecular weight is 358 g/mol. The zero-order valence-corrected chi connectivity index (χ0v) is 15.1. The van der Waals surface area contributed by atoms with E-state index in [9.17, 15) is 9.59 Å². The molecule has 1 aromatic heterocycles. The Kier molecular flexibility index (Phi) is 7.37. The molecule has 0 aromatic carbocycles. The Morgan fingerprint density at radius 1 is 1.35 bits per heavy atom. The van der Waals surface area contributed by atoms with Gasteiger partial charge in [-0.1, -0.05) is 11.6 Å². The van der Waals surface area contributed by atoms with E-state index < -0.39 is 0 Å². The highest BCUT2D eigenvalue weighted by Crippen LogP contribution is 2.25. The van der Waals surface area contributed by atoms with Crippen molar-refractivity contribution in [3.05, 3.63) is 21.3 Å². The monoisotopic (exact) mass is 357 g/mol. The summed E-state index contributed by atoms with van der Waals surface area (Å²) in [4.78, 5) is 27.2. The van der Waals surface area contributed by atoms with Crippen LogP contribution < -0.4 is 0 Å². The average Bonchev–Trinajstić information content (AvgIpc) is 2.97. The lowest BCUT2D eigenvalue weighted by atomic mass is 9.97. The number of carbonyl (C=O) groups excluding carboxylic acids is 2. The molecule has 4 nitrogen and oxygen atoms in total.